The monoisotopic (exact) mass is 416 g/mol. The van der Waals surface area contributed by atoms with Gasteiger partial charge in [0.25, 0.3) is 0 Å². The maximum atomic E-state index is 12.7. The lowest BCUT2D eigenvalue weighted by Gasteiger charge is -2.78. The van der Waals surface area contributed by atoms with Crippen molar-refractivity contribution in [1.82, 2.24) is 0 Å². The van der Waals surface area contributed by atoms with E-state index in [4.69, 9.17) is 9.47 Å². The van der Waals surface area contributed by atoms with Crippen molar-refractivity contribution in [2.24, 2.45) is 51.8 Å². The van der Waals surface area contributed by atoms with Gasteiger partial charge in [0.2, 0.25) is 0 Å². The minimum absolute atomic E-state index is 0.0765. The summed E-state index contributed by atoms with van der Waals surface area (Å²) in [6, 6.07) is 0. The zero-order chi connectivity index (χ0) is 21.7. The van der Waals surface area contributed by atoms with Crippen molar-refractivity contribution in [2.45, 2.75) is 92.1 Å². The Labute approximate surface area is 181 Å². The minimum atomic E-state index is -0.567. The average Bonchev–Trinajstić information content (AvgIpc) is 2.69. The molecule has 30 heavy (non-hydrogen) atoms. The molecule has 0 aliphatic heterocycles. The number of rotatable bonds is 6. The SMILES string of the molecule is CCC(C)(C)C(=O)OCC(=O)OC(C)(C)C12CC3C4CC5CC3C(C)(C1)C(C5)C4C2. The topological polar surface area (TPSA) is 52.6 Å². The van der Waals surface area contributed by atoms with Gasteiger partial charge in [-0.25, -0.2) is 4.79 Å². The second kappa shape index (κ2) is 6.25. The fourth-order valence-corrected chi connectivity index (χ4v) is 9.10. The Bertz CT molecular complexity index is 741. The Morgan fingerprint density at radius 3 is 2.13 bits per heavy atom. The third kappa shape index (κ3) is 2.64. The molecule has 0 N–H and O–H groups in total. The van der Waals surface area contributed by atoms with E-state index in [-0.39, 0.29) is 18.0 Å². The van der Waals surface area contributed by atoms with Crippen LogP contribution >= 0.6 is 0 Å². The lowest BCUT2D eigenvalue weighted by molar-refractivity contribution is -0.306. The fourth-order valence-electron chi connectivity index (χ4n) is 9.10. The molecule has 168 valence electrons. The van der Waals surface area contributed by atoms with Crippen LogP contribution in [0, 0.1) is 51.8 Å². The first kappa shape index (κ1) is 20.8. The molecule has 4 atom stereocenters. The van der Waals surface area contributed by atoms with Crippen molar-refractivity contribution in [3.8, 4) is 0 Å². The summed E-state index contributed by atoms with van der Waals surface area (Å²) in [7, 11) is 0. The van der Waals surface area contributed by atoms with E-state index < -0.39 is 17.0 Å². The van der Waals surface area contributed by atoms with Crippen LogP contribution in [0.5, 0.6) is 0 Å². The molecule has 4 heteroatoms. The summed E-state index contributed by atoms with van der Waals surface area (Å²) in [6.45, 7) is 12.2. The molecule has 7 aliphatic carbocycles. The van der Waals surface area contributed by atoms with E-state index >= 15 is 0 Å². The number of hydrogen-bond donors (Lipinski definition) is 0. The van der Waals surface area contributed by atoms with E-state index in [2.05, 4.69) is 20.8 Å². The molecule has 7 fully saturated rings. The zero-order valence-corrected chi connectivity index (χ0v) is 19.8. The second-order valence-electron chi connectivity index (χ2n) is 12.9. The molecule has 0 aromatic carbocycles. The van der Waals surface area contributed by atoms with Gasteiger partial charge in [0.15, 0.2) is 6.61 Å². The van der Waals surface area contributed by atoms with E-state index in [0.29, 0.717) is 11.8 Å². The van der Waals surface area contributed by atoms with E-state index in [1.165, 1.54) is 38.5 Å². The van der Waals surface area contributed by atoms with Crippen LogP contribution in [0.3, 0.4) is 0 Å². The molecular weight excluding hydrogens is 376 g/mol. The first-order valence-corrected chi connectivity index (χ1v) is 12.3. The molecular formula is C26H40O4. The standard InChI is InChI=1S/C26H40O4/c1-7-23(2,3)22(28)29-13-21(27)30-24(4,5)26-11-17-16-8-15-9-19(17)25(6,14-26)20(10-15)18(16)12-26/h15-20H,7-14H2,1-6H3. The van der Waals surface area contributed by atoms with E-state index in [1.807, 2.05) is 20.8 Å². The van der Waals surface area contributed by atoms with Crippen LogP contribution in [0.25, 0.3) is 0 Å². The van der Waals surface area contributed by atoms with Crippen LogP contribution in [0.4, 0.5) is 0 Å². The average molecular weight is 417 g/mol. The van der Waals surface area contributed by atoms with Crippen molar-refractivity contribution in [3.63, 3.8) is 0 Å². The summed E-state index contributed by atoms with van der Waals surface area (Å²) >= 11 is 0. The largest absolute Gasteiger partial charge is 0.457 e. The number of carbonyl (C=O) groups excluding carboxylic acids is 2. The van der Waals surface area contributed by atoms with Gasteiger partial charge < -0.3 is 9.47 Å². The van der Waals surface area contributed by atoms with Crippen molar-refractivity contribution in [1.29, 1.82) is 0 Å². The Morgan fingerprint density at radius 1 is 0.967 bits per heavy atom. The maximum absolute atomic E-state index is 12.7. The molecule has 7 rings (SSSR count). The molecule has 0 saturated heterocycles. The number of ether oxygens (including phenoxy) is 2. The lowest BCUT2D eigenvalue weighted by Crippen LogP contribution is -2.72. The van der Waals surface area contributed by atoms with E-state index in [0.717, 1.165) is 35.5 Å². The molecule has 0 spiro atoms. The number of carbonyl (C=O) groups is 2. The van der Waals surface area contributed by atoms with Gasteiger partial charge in [0, 0.05) is 5.41 Å². The molecule has 4 nitrogen and oxygen atoms in total. The smallest absolute Gasteiger partial charge is 0.344 e. The van der Waals surface area contributed by atoms with Gasteiger partial charge in [-0.15, -0.1) is 0 Å². The minimum Gasteiger partial charge on any atom is -0.457 e. The lowest BCUT2D eigenvalue weighted by atomic mass is 9.27. The Morgan fingerprint density at radius 2 is 1.57 bits per heavy atom. The molecule has 8 bridgehead atoms. The first-order chi connectivity index (χ1) is 13.9. The van der Waals surface area contributed by atoms with Gasteiger partial charge in [-0.1, -0.05) is 13.8 Å². The third-order valence-corrected chi connectivity index (χ3v) is 11.0. The molecule has 7 saturated carbocycles. The van der Waals surface area contributed by atoms with Gasteiger partial charge in [0.05, 0.1) is 5.41 Å². The Kier molecular flexibility index (Phi) is 4.34. The molecule has 7 aliphatic rings. The third-order valence-electron chi connectivity index (χ3n) is 11.0. The molecule has 0 aromatic rings. The van der Waals surface area contributed by atoms with Crippen LogP contribution in [-0.2, 0) is 19.1 Å². The fraction of sp³-hybridized carbons (Fsp3) is 0.923. The van der Waals surface area contributed by atoms with Crippen LogP contribution in [0.1, 0.15) is 86.5 Å². The molecule has 0 aromatic heterocycles. The van der Waals surface area contributed by atoms with E-state index in [9.17, 15) is 9.59 Å². The highest BCUT2D eigenvalue weighted by atomic mass is 16.6. The molecule has 0 heterocycles. The molecule has 0 amide bonds. The summed E-state index contributed by atoms with van der Waals surface area (Å²) in [6.07, 6.45) is 8.66. The van der Waals surface area contributed by atoms with Gasteiger partial charge in [-0.3, -0.25) is 4.79 Å². The molecule has 0 radical (unpaired) electrons. The van der Waals surface area contributed by atoms with Crippen molar-refractivity contribution in [2.75, 3.05) is 6.61 Å². The summed E-state index contributed by atoms with van der Waals surface area (Å²) in [5.41, 5.74) is -0.580. The van der Waals surface area contributed by atoms with Crippen molar-refractivity contribution >= 4 is 11.9 Å². The summed E-state index contributed by atoms with van der Waals surface area (Å²) in [4.78, 5) is 25.0. The summed E-state index contributed by atoms with van der Waals surface area (Å²) < 4.78 is 11.4. The highest BCUT2D eigenvalue weighted by molar-refractivity contribution is 5.80. The Balaban J connectivity index is 1.31. The van der Waals surface area contributed by atoms with Crippen LogP contribution in [-0.4, -0.2) is 24.1 Å². The van der Waals surface area contributed by atoms with Crippen LogP contribution < -0.4 is 0 Å². The normalized spacial score (nSPS) is 45.7. The maximum Gasteiger partial charge on any atom is 0.344 e. The summed E-state index contributed by atoms with van der Waals surface area (Å²) in [5, 5.41) is 0. The predicted octanol–water partition coefficient (Wildman–Crippen LogP) is 5.39. The number of esters is 2. The summed E-state index contributed by atoms with van der Waals surface area (Å²) in [5.74, 6) is 4.65. The molecule has 4 unspecified atom stereocenters. The van der Waals surface area contributed by atoms with Crippen LogP contribution in [0.15, 0.2) is 0 Å². The van der Waals surface area contributed by atoms with Crippen molar-refractivity contribution in [3.05, 3.63) is 0 Å². The van der Waals surface area contributed by atoms with Gasteiger partial charge >= 0.3 is 11.9 Å². The van der Waals surface area contributed by atoms with Gasteiger partial charge in [-0.2, -0.15) is 0 Å². The quantitative estimate of drug-likeness (QED) is 0.545. The Hall–Kier alpha value is -1.06. The zero-order valence-electron chi connectivity index (χ0n) is 19.8. The first-order valence-electron chi connectivity index (χ1n) is 12.3. The highest BCUT2D eigenvalue weighted by Crippen LogP contribution is 2.80. The number of hydrogen-bond acceptors (Lipinski definition) is 4. The van der Waals surface area contributed by atoms with Gasteiger partial charge in [0.1, 0.15) is 5.60 Å². The van der Waals surface area contributed by atoms with Crippen molar-refractivity contribution < 1.29 is 19.1 Å². The van der Waals surface area contributed by atoms with Gasteiger partial charge in [-0.05, 0) is 114 Å². The van der Waals surface area contributed by atoms with E-state index in [1.54, 1.807) is 0 Å². The predicted molar refractivity (Wildman–Crippen MR) is 114 cm³/mol. The second-order valence-corrected chi connectivity index (χ2v) is 12.9. The highest BCUT2D eigenvalue weighted by Gasteiger charge is 2.74. The van der Waals surface area contributed by atoms with Crippen LogP contribution in [0.2, 0.25) is 0 Å².